The van der Waals surface area contributed by atoms with Crippen LogP contribution in [0.25, 0.3) is 0 Å². The maximum Gasteiger partial charge on any atom is 0.417 e. The van der Waals surface area contributed by atoms with Crippen LogP contribution in [0.1, 0.15) is 0 Å². The van der Waals surface area contributed by atoms with Gasteiger partial charge in [0.2, 0.25) is 0 Å². The van der Waals surface area contributed by atoms with Gasteiger partial charge in [-0.2, -0.15) is 5.90 Å². The smallest absolute Gasteiger partial charge is 0.367 e. The van der Waals surface area contributed by atoms with Crippen LogP contribution in [0.5, 0.6) is 0 Å². The molecule has 0 aliphatic rings. The zero-order valence-corrected chi connectivity index (χ0v) is 6.86. The van der Waals surface area contributed by atoms with Crippen molar-refractivity contribution in [2.45, 2.75) is 5.97 Å². The van der Waals surface area contributed by atoms with Crippen molar-refractivity contribution in [3.63, 3.8) is 0 Å². The van der Waals surface area contributed by atoms with Crippen LogP contribution < -0.4 is 11.8 Å². The summed E-state index contributed by atoms with van der Waals surface area (Å²) in [6, 6.07) is 0. The third-order valence-corrected chi connectivity index (χ3v) is 0.537. The normalized spacial score (nSPS) is 10.0. The maximum absolute atomic E-state index is 10.0. The predicted octanol–water partition coefficient (Wildman–Crippen LogP) is -3.07. The number of carbonyl (C=O) groups excluding carboxylic acids is 1. The van der Waals surface area contributed by atoms with Crippen molar-refractivity contribution in [1.82, 2.24) is 0 Å². The topological polar surface area (TPSA) is 128 Å². The van der Waals surface area contributed by atoms with E-state index in [2.05, 4.69) is 21.5 Å². The van der Waals surface area contributed by atoms with Crippen LogP contribution in [0.2, 0.25) is 0 Å². The predicted molar refractivity (Wildman–Crippen MR) is 22.7 cm³/mol. The maximum atomic E-state index is 10.0. The summed E-state index contributed by atoms with van der Waals surface area (Å²) in [5, 5.41) is 16.5. The first kappa shape index (κ1) is 12.6. The fourth-order valence-electron chi connectivity index (χ4n) is 0.125. The molecule has 0 saturated carbocycles. The number of hydrogen-bond donors (Lipinski definition) is 4. The molecule has 7 nitrogen and oxygen atoms in total. The van der Waals surface area contributed by atoms with Crippen molar-refractivity contribution in [3.05, 3.63) is 0 Å². The molecule has 0 aliphatic carbocycles. The van der Waals surface area contributed by atoms with E-state index in [0.29, 0.717) is 0 Å². The number of hydrogen-bond acceptors (Lipinski definition) is 7. The number of aliphatic hydroxyl groups is 2. The summed E-state index contributed by atoms with van der Waals surface area (Å²) >= 11 is 0. The Labute approximate surface area is 70.1 Å². The molecule has 6 N–H and O–H groups in total. The van der Waals surface area contributed by atoms with Gasteiger partial charge in [-0.1, -0.05) is 0 Å². The Bertz CT molecular complexity index is 116. The largest absolute Gasteiger partial charge is 0.417 e. The molecule has 0 aromatic carbocycles. The summed E-state index contributed by atoms with van der Waals surface area (Å²) < 4.78 is 0. The van der Waals surface area contributed by atoms with E-state index in [-0.39, 0.29) is 21.1 Å². The molecule has 0 fully saturated rings. The second-order valence-corrected chi connectivity index (χ2v) is 1.13. The van der Waals surface area contributed by atoms with Gasteiger partial charge >= 0.3 is 11.9 Å². The quantitative estimate of drug-likeness (QED) is 0.312. The van der Waals surface area contributed by atoms with Crippen LogP contribution in [0, 0.1) is 0 Å². The second-order valence-electron chi connectivity index (χ2n) is 1.13. The van der Waals surface area contributed by atoms with Crippen LogP contribution >= 0.6 is 0 Å². The number of carbonyl (C=O) groups is 1. The van der Waals surface area contributed by atoms with Crippen LogP contribution in [-0.4, -0.2) is 22.2 Å². The molecule has 0 bridgehead atoms. The zero-order chi connectivity index (χ0) is 7.49. The van der Waals surface area contributed by atoms with Gasteiger partial charge in [0.25, 0.3) is 0 Å². The Balaban J connectivity index is 0. The summed E-state index contributed by atoms with van der Waals surface area (Å²) in [7, 11) is 0. The van der Waals surface area contributed by atoms with Crippen molar-refractivity contribution in [2.75, 3.05) is 0 Å². The molecule has 64 valence electrons. The first-order chi connectivity index (χ1) is 4.04. The summed E-state index contributed by atoms with van der Waals surface area (Å²) in [6.07, 6.45) is 0. The Morgan fingerprint density at radius 3 is 1.90 bits per heavy atom. The van der Waals surface area contributed by atoms with E-state index in [1.165, 1.54) is 0 Å². The molecule has 0 atom stereocenters. The van der Waals surface area contributed by atoms with Crippen molar-refractivity contribution in [1.29, 1.82) is 0 Å². The molecule has 0 radical (unpaired) electrons. The molecule has 10 heavy (non-hydrogen) atoms. The molecule has 0 rings (SSSR count). The first-order valence-corrected chi connectivity index (χ1v) is 1.78. The molecule has 0 aliphatic heterocycles. The first-order valence-electron chi connectivity index (χ1n) is 1.78. The van der Waals surface area contributed by atoms with E-state index in [4.69, 9.17) is 10.2 Å². The molecule has 0 spiro atoms. The molecule has 0 amide bonds. The SMILES string of the molecule is NOC(=O)C(O)(O)ON.[Pt]. The Morgan fingerprint density at radius 2 is 1.80 bits per heavy atom. The van der Waals surface area contributed by atoms with Gasteiger partial charge in [-0.15, -0.1) is 0 Å². The van der Waals surface area contributed by atoms with Crippen molar-refractivity contribution in [2.24, 2.45) is 11.8 Å². The molecule has 0 saturated heterocycles. The fraction of sp³-hybridized carbons (Fsp3) is 0.500. The number of nitrogens with two attached hydrogens (primary N) is 2. The third kappa shape index (κ3) is 3.21. The summed E-state index contributed by atoms with van der Waals surface area (Å²) in [6.45, 7) is 0. The van der Waals surface area contributed by atoms with E-state index in [1.54, 1.807) is 0 Å². The van der Waals surface area contributed by atoms with Gasteiger partial charge in [0.05, 0.1) is 0 Å². The van der Waals surface area contributed by atoms with Gasteiger partial charge in [0, 0.05) is 21.1 Å². The van der Waals surface area contributed by atoms with Crippen molar-refractivity contribution in [3.8, 4) is 0 Å². The fourth-order valence-corrected chi connectivity index (χ4v) is 0.125. The van der Waals surface area contributed by atoms with Gasteiger partial charge in [0.1, 0.15) is 0 Å². The summed E-state index contributed by atoms with van der Waals surface area (Å²) in [5.74, 6) is 3.70. The minimum Gasteiger partial charge on any atom is -0.367 e. The van der Waals surface area contributed by atoms with Gasteiger partial charge < -0.3 is 15.1 Å². The monoisotopic (exact) mass is 333 g/mol. The zero-order valence-electron chi connectivity index (χ0n) is 4.59. The number of rotatable bonds is 2. The van der Waals surface area contributed by atoms with Gasteiger partial charge in [0.15, 0.2) is 0 Å². The van der Waals surface area contributed by atoms with E-state index in [1.807, 2.05) is 0 Å². The minimum absolute atomic E-state index is 0. The van der Waals surface area contributed by atoms with E-state index in [0.717, 1.165) is 0 Å². The standard InChI is InChI=1S/C2H6N2O5.Pt/c3-8-1(5)2(6,7)9-4;/h6-7H,3-4H2;. The van der Waals surface area contributed by atoms with Crippen LogP contribution in [0.4, 0.5) is 0 Å². The van der Waals surface area contributed by atoms with Crippen molar-refractivity contribution < 1.29 is 45.7 Å². The molecule has 0 heterocycles. The molecule has 0 aromatic heterocycles. The van der Waals surface area contributed by atoms with Gasteiger partial charge in [-0.05, 0) is 0 Å². The molecular weight excluding hydrogens is 327 g/mol. The molecular formula is C2H6N2O5Pt. The van der Waals surface area contributed by atoms with E-state index >= 15 is 0 Å². The minimum atomic E-state index is -3.16. The molecule has 8 heteroatoms. The van der Waals surface area contributed by atoms with Gasteiger partial charge in [-0.3, -0.25) is 0 Å². The van der Waals surface area contributed by atoms with Crippen LogP contribution in [-0.2, 0) is 35.5 Å². The Kier molecular flexibility index (Phi) is 5.96. The third-order valence-electron chi connectivity index (χ3n) is 0.537. The average molecular weight is 333 g/mol. The van der Waals surface area contributed by atoms with E-state index < -0.39 is 11.9 Å². The van der Waals surface area contributed by atoms with E-state index in [9.17, 15) is 4.79 Å². The summed E-state index contributed by atoms with van der Waals surface area (Å²) in [4.78, 5) is 16.7. The molecule has 0 unspecified atom stereocenters. The van der Waals surface area contributed by atoms with Gasteiger partial charge in [-0.25, -0.2) is 15.5 Å². The van der Waals surface area contributed by atoms with Crippen LogP contribution in [0.15, 0.2) is 0 Å². The molecule has 0 aromatic rings. The average Bonchev–Trinajstić information content (AvgIpc) is 1.86. The Hall–Kier alpha value is -0.0417. The van der Waals surface area contributed by atoms with Crippen molar-refractivity contribution >= 4 is 5.97 Å². The van der Waals surface area contributed by atoms with Crippen LogP contribution in [0.3, 0.4) is 0 Å². The Morgan fingerprint density at radius 1 is 1.40 bits per heavy atom. The second kappa shape index (κ2) is 4.72. The summed E-state index contributed by atoms with van der Waals surface area (Å²) in [5.41, 5.74) is 0.